The lowest BCUT2D eigenvalue weighted by Crippen LogP contribution is -2.44. The zero-order chi connectivity index (χ0) is 15.0. The second-order valence-electron chi connectivity index (χ2n) is 5.56. The number of esters is 1. The molecule has 20 heavy (non-hydrogen) atoms. The van der Waals surface area contributed by atoms with Crippen molar-refractivity contribution in [3.8, 4) is 0 Å². The Morgan fingerprint density at radius 1 is 1.20 bits per heavy atom. The first-order valence-electron chi connectivity index (χ1n) is 7.76. The van der Waals surface area contributed by atoms with Gasteiger partial charge in [0.05, 0.1) is 19.1 Å². The fraction of sp³-hybridized carbons (Fsp3) is 0.867. The van der Waals surface area contributed by atoms with Gasteiger partial charge in [0.15, 0.2) is 0 Å². The Balaban J connectivity index is 2.21. The van der Waals surface area contributed by atoms with Crippen molar-refractivity contribution < 1.29 is 14.3 Å². The molecule has 0 aromatic carbocycles. The predicted molar refractivity (Wildman–Crippen MR) is 78.3 cm³/mol. The van der Waals surface area contributed by atoms with E-state index < -0.39 is 0 Å². The third-order valence-electron chi connectivity index (χ3n) is 3.94. The van der Waals surface area contributed by atoms with Gasteiger partial charge in [-0.1, -0.05) is 6.92 Å². The highest BCUT2D eigenvalue weighted by atomic mass is 16.5. The van der Waals surface area contributed by atoms with E-state index >= 15 is 0 Å². The number of carbonyl (C=O) groups excluding carboxylic acids is 2. The molecule has 0 saturated heterocycles. The second-order valence-corrected chi connectivity index (χ2v) is 5.56. The first kappa shape index (κ1) is 17.0. The van der Waals surface area contributed by atoms with Crippen molar-refractivity contribution in [2.75, 3.05) is 13.2 Å². The smallest absolute Gasteiger partial charge is 0.308 e. The Bertz CT molecular complexity index is 312. The van der Waals surface area contributed by atoms with Crippen LogP contribution in [-0.4, -0.2) is 37.1 Å². The SMILES string of the molecule is CCOC(=O)C1CCC(NC(=O)CNC(C)CC)CC1. The zero-order valence-corrected chi connectivity index (χ0v) is 12.9. The Labute approximate surface area is 121 Å². The number of nitrogens with one attached hydrogen (secondary N) is 2. The lowest BCUT2D eigenvalue weighted by Gasteiger charge is -2.28. The van der Waals surface area contributed by atoms with Crippen LogP contribution in [0.4, 0.5) is 0 Å². The van der Waals surface area contributed by atoms with Crippen molar-refractivity contribution in [1.82, 2.24) is 10.6 Å². The molecule has 0 aromatic heterocycles. The van der Waals surface area contributed by atoms with E-state index in [-0.39, 0.29) is 23.8 Å². The number of ether oxygens (including phenoxy) is 1. The van der Waals surface area contributed by atoms with Gasteiger partial charge in [0.1, 0.15) is 0 Å². The summed E-state index contributed by atoms with van der Waals surface area (Å²) in [6, 6.07) is 0.562. The molecule has 5 heteroatoms. The van der Waals surface area contributed by atoms with E-state index in [1.54, 1.807) is 0 Å². The molecule has 1 unspecified atom stereocenters. The molecule has 0 radical (unpaired) electrons. The van der Waals surface area contributed by atoms with Crippen molar-refractivity contribution in [1.29, 1.82) is 0 Å². The Morgan fingerprint density at radius 2 is 1.85 bits per heavy atom. The molecule has 116 valence electrons. The van der Waals surface area contributed by atoms with E-state index in [0.29, 0.717) is 19.2 Å². The van der Waals surface area contributed by atoms with Crippen LogP contribution >= 0.6 is 0 Å². The van der Waals surface area contributed by atoms with Crippen LogP contribution in [0.2, 0.25) is 0 Å². The van der Waals surface area contributed by atoms with Gasteiger partial charge in [-0.3, -0.25) is 9.59 Å². The molecule has 2 N–H and O–H groups in total. The topological polar surface area (TPSA) is 67.4 Å². The molecule has 0 heterocycles. The highest BCUT2D eigenvalue weighted by Gasteiger charge is 2.27. The molecule has 1 aliphatic rings. The fourth-order valence-electron chi connectivity index (χ4n) is 2.42. The molecular formula is C15H28N2O3. The largest absolute Gasteiger partial charge is 0.466 e. The van der Waals surface area contributed by atoms with Gasteiger partial charge in [0.25, 0.3) is 0 Å². The van der Waals surface area contributed by atoms with E-state index in [1.165, 1.54) is 0 Å². The third-order valence-corrected chi connectivity index (χ3v) is 3.94. The van der Waals surface area contributed by atoms with Crippen molar-refractivity contribution in [3.05, 3.63) is 0 Å². The molecule has 1 atom stereocenters. The first-order chi connectivity index (χ1) is 9.56. The average molecular weight is 284 g/mol. The van der Waals surface area contributed by atoms with E-state index in [1.807, 2.05) is 6.92 Å². The first-order valence-corrected chi connectivity index (χ1v) is 7.76. The van der Waals surface area contributed by atoms with Crippen LogP contribution in [0, 0.1) is 5.92 Å². The average Bonchev–Trinajstić information content (AvgIpc) is 2.45. The molecular weight excluding hydrogens is 256 g/mol. The second kappa shape index (κ2) is 8.95. The maximum Gasteiger partial charge on any atom is 0.308 e. The normalized spacial score (nSPS) is 23.9. The lowest BCUT2D eigenvalue weighted by molar-refractivity contribution is -0.149. The van der Waals surface area contributed by atoms with Crippen LogP contribution in [0.1, 0.15) is 52.9 Å². The molecule has 0 aliphatic heterocycles. The Hall–Kier alpha value is -1.10. The minimum atomic E-state index is -0.0873. The van der Waals surface area contributed by atoms with Crippen LogP contribution in [0.3, 0.4) is 0 Å². The highest BCUT2D eigenvalue weighted by molar-refractivity contribution is 5.78. The summed E-state index contributed by atoms with van der Waals surface area (Å²) in [5.41, 5.74) is 0. The van der Waals surface area contributed by atoms with Crippen LogP contribution in [0.5, 0.6) is 0 Å². The third kappa shape index (κ3) is 5.90. The van der Waals surface area contributed by atoms with Gasteiger partial charge in [-0.2, -0.15) is 0 Å². The van der Waals surface area contributed by atoms with Gasteiger partial charge in [-0.05, 0) is 46.0 Å². The predicted octanol–water partition coefficient (Wildman–Crippen LogP) is 1.61. The summed E-state index contributed by atoms with van der Waals surface area (Å²) in [5.74, 6) is -0.0260. The minimum absolute atomic E-state index is 0.0151. The van der Waals surface area contributed by atoms with E-state index in [0.717, 1.165) is 32.1 Å². The Kier molecular flexibility index (Phi) is 7.59. The standard InChI is InChI=1S/C15H28N2O3/c1-4-11(3)16-10-14(18)17-13-8-6-12(7-9-13)15(19)20-5-2/h11-13,16H,4-10H2,1-3H3,(H,17,18). The number of carbonyl (C=O) groups is 2. The quantitative estimate of drug-likeness (QED) is 0.697. The van der Waals surface area contributed by atoms with Crippen LogP contribution in [0.25, 0.3) is 0 Å². The summed E-state index contributed by atoms with van der Waals surface area (Å²) in [7, 11) is 0. The summed E-state index contributed by atoms with van der Waals surface area (Å²) in [4.78, 5) is 23.4. The summed E-state index contributed by atoms with van der Waals surface area (Å²) in [6.45, 7) is 6.79. The van der Waals surface area contributed by atoms with Gasteiger partial charge in [-0.15, -0.1) is 0 Å². The van der Waals surface area contributed by atoms with Crippen molar-refractivity contribution in [3.63, 3.8) is 0 Å². The van der Waals surface area contributed by atoms with Crippen LogP contribution in [0.15, 0.2) is 0 Å². The molecule has 0 aromatic rings. The van der Waals surface area contributed by atoms with Gasteiger partial charge in [-0.25, -0.2) is 0 Å². The van der Waals surface area contributed by atoms with Gasteiger partial charge >= 0.3 is 5.97 Å². The number of hydrogen-bond donors (Lipinski definition) is 2. The summed E-state index contributed by atoms with van der Waals surface area (Å²) < 4.78 is 5.04. The van der Waals surface area contributed by atoms with Gasteiger partial charge in [0, 0.05) is 12.1 Å². The summed E-state index contributed by atoms with van der Waals surface area (Å²) >= 11 is 0. The van der Waals surface area contributed by atoms with Gasteiger partial charge in [0.2, 0.25) is 5.91 Å². The van der Waals surface area contributed by atoms with E-state index in [2.05, 4.69) is 24.5 Å². The molecule has 1 saturated carbocycles. The van der Waals surface area contributed by atoms with E-state index in [9.17, 15) is 9.59 Å². The number of hydrogen-bond acceptors (Lipinski definition) is 4. The molecule has 1 rings (SSSR count). The summed E-state index contributed by atoms with van der Waals surface area (Å²) in [6.07, 6.45) is 4.35. The number of amides is 1. The fourth-order valence-corrected chi connectivity index (χ4v) is 2.42. The minimum Gasteiger partial charge on any atom is -0.466 e. The van der Waals surface area contributed by atoms with Gasteiger partial charge < -0.3 is 15.4 Å². The number of rotatable bonds is 7. The molecule has 1 fully saturated rings. The molecule has 1 amide bonds. The molecule has 1 aliphatic carbocycles. The Morgan fingerprint density at radius 3 is 2.40 bits per heavy atom. The maximum absolute atomic E-state index is 11.8. The monoisotopic (exact) mass is 284 g/mol. The lowest BCUT2D eigenvalue weighted by atomic mass is 9.86. The summed E-state index contributed by atoms with van der Waals surface area (Å²) in [5, 5.41) is 6.22. The van der Waals surface area contributed by atoms with Crippen LogP contribution < -0.4 is 10.6 Å². The zero-order valence-electron chi connectivity index (χ0n) is 12.9. The highest BCUT2D eigenvalue weighted by Crippen LogP contribution is 2.25. The van der Waals surface area contributed by atoms with E-state index in [4.69, 9.17) is 4.74 Å². The molecule has 0 bridgehead atoms. The van der Waals surface area contributed by atoms with Crippen molar-refractivity contribution in [2.24, 2.45) is 5.92 Å². The van der Waals surface area contributed by atoms with Crippen molar-refractivity contribution >= 4 is 11.9 Å². The van der Waals surface area contributed by atoms with Crippen LogP contribution in [-0.2, 0) is 14.3 Å². The molecule has 5 nitrogen and oxygen atoms in total. The maximum atomic E-state index is 11.8. The van der Waals surface area contributed by atoms with Crippen molar-refractivity contribution in [2.45, 2.75) is 65.0 Å². The molecule has 0 spiro atoms.